The molecular formula is C13H17N3O4S. The van der Waals surface area contributed by atoms with Crippen molar-refractivity contribution >= 4 is 15.7 Å². The maximum absolute atomic E-state index is 12.7. The fraction of sp³-hybridized carbons (Fsp3) is 0.538. The van der Waals surface area contributed by atoms with Crippen LogP contribution in [0.4, 0.5) is 5.69 Å². The molecule has 3 rings (SSSR count). The summed E-state index contributed by atoms with van der Waals surface area (Å²) in [6.45, 7) is 1.73. The standard InChI is InChI=1S/C13H17N3O4S/c17-16(18)12-3-1-2-4-13(12)21(19,20)15-8-6-10-5-7-14-11(10)9-15/h1-4,10-11,14H,5-9H2/t10-,11+/m1/s1. The summed E-state index contributed by atoms with van der Waals surface area (Å²) in [5.41, 5.74) is -0.362. The van der Waals surface area contributed by atoms with Crippen LogP contribution >= 0.6 is 0 Å². The summed E-state index contributed by atoms with van der Waals surface area (Å²) in [5.74, 6) is 0.516. The van der Waals surface area contributed by atoms with Gasteiger partial charge in [-0.2, -0.15) is 4.31 Å². The van der Waals surface area contributed by atoms with Crippen LogP contribution in [-0.2, 0) is 10.0 Å². The van der Waals surface area contributed by atoms with Crippen molar-refractivity contribution in [3.05, 3.63) is 34.4 Å². The Morgan fingerprint density at radius 2 is 2.05 bits per heavy atom. The Morgan fingerprint density at radius 1 is 1.29 bits per heavy atom. The number of nitro groups is 1. The normalized spacial score (nSPS) is 26.5. The Kier molecular flexibility index (Phi) is 3.68. The third kappa shape index (κ3) is 2.54. The SMILES string of the molecule is O=[N+]([O-])c1ccccc1S(=O)(=O)N1CC[C@H]2CCN[C@H]2C1. The highest BCUT2D eigenvalue weighted by Crippen LogP contribution is 2.31. The average molecular weight is 311 g/mol. The second-order valence-corrected chi connectivity index (χ2v) is 7.39. The third-order valence-corrected chi connectivity index (χ3v) is 6.23. The van der Waals surface area contributed by atoms with Gasteiger partial charge in [-0.25, -0.2) is 8.42 Å². The predicted molar refractivity (Wildman–Crippen MR) is 76.4 cm³/mol. The van der Waals surface area contributed by atoms with E-state index in [1.54, 1.807) is 0 Å². The molecule has 2 aliphatic rings. The van der Waals surface area contributed by atoms with Gasteiger partial charge in [0.05, 0.1) is 4.92 Å². The summed E-state index contributed by atoms with van der Waals surface area (Å²) in [6.07, 6.45) is 1.88. The summed E-state index contributed by atoms with van der Waals surface area (Å²) in [6, 6.07) is 5.69. The molecule has 0 spiro atoms. The molecule has 21 heavy (non-hydrogen) atoms. The Hall–Kier alpha value is -1.51. The largest absolute Gasteiger partial charge is 0.312 e. The monoisotopic (exact) mass is 311 g/mol. The van der Waals surface area contributed by atoms with Crippen LogP contribution in [0.25, 0.3) is 0 Å². The van der Waals surface area contributed by atoms with Crippen LogP contribution in [0, 0.1) is 16.0 Å². The van der Waals surface area contributed by atoms with Gasteiger partial charge in [0.25, 0.3) is 5.69 Å². The molecule has 1 N–H and O–H groups in total. The molecule has 0 radical (unpaired) electrons. The van der Waals surface area contributed by atoms with Gasteiger partial charge >= 0.3 is 0 Å². The first-order valence-corrected chi connectivity index (χ1v) is 8.41. The molecule has 8 heteroatoms. The minimum Gasteiger partial charge on any atom is -0.312 e. The van der Waals surface area contributed by atoms with Gasteiger partial charge in [0, 0.05) is 25.2 Å². The predicted octanol–water partition coefficient (Wildman–Crippen LogP) is 0.967. The molecule has 7 nitrogen and oxygen atoms in total. The van der Waals surface area contributed by atoms with Gasteiger partial charge in [0.15, 0.2) is 4.90 Å². The lowest BCUT2D eigenvalue weighted by Crippen LogP contribution is -2.48. The van der Waals surface area contributed by atoms with Crippen molar-refractivity contribution in [2.24, 2.45) is 5.92 Å². The van der Waals surface area contributed by atoms with Crippen molar-refractivity contribution in [1.29, 1.82) is 0 Å². The molecule has 0 aliphatic carbocycles. The van der Waals surface area contributed by atoms with Gasteiger partial charge < -0.3 is 5.32 Å². The maximum Gasteiger partial charge on any atom is 0.289 e. The van der Waals surface area contributed by atoms with Crippen molar-refractivity contribution in [1.82, 2.24) is 9.62 Å². The Morgan fingerprint density at radius 3 is 2.81 bits per heavy atom. The number of benzene rings is 1. The molecule has 0 unspecified atom stereocenters. The van der Waals surface area contributed by atoms with Gasteiger partial charge in [0.1, 0.15) is 0 Å². The van der Waals surface area contributed by atoms with E-state index in [1.807, 2.05) is 0 Å². The number of piperidine rings is 1. The second-order valence-electron chi connectivity index (χ2n) is 5.49. The molecule has 2 saturated heterocycles. The van der Waals surface area contributed by atoms with E-state index < -0.39 is 14.9 Å². The number of hydrogen-bond acceptors (Lipinski definition) is 5. The van der Waals surface area contributed by atoms with Crippen LogP contribution < -0.4 is 5.32 Å². The smallest absolute Gasteiger partial charge is 0.289 e. The van der Waals surface area contributed by atoms with E-state index in [1.165, 1.54) is 28.6 Å². The minimum atomic E-state index is -3.82. The van der Waals surface area contributed by atoms with Gasteiger partial charge in [-0.1, -0.05) is 12.1 Å². The molecule has 2 atom stereocenters. The summed E-state index contributed by atoms with van der Waals surface area (Å²) >= 11 is 0. The van der Waals surface area contributed by atoms with Crippen LogP contribution in [0.1, 0.15) is 12.8 Å². The van der Waals surface area contributed by atoms with Crippen LogP contribution in [-0.4, -0.2) is 43.3 Å². The van der Waals surface area contributed by atoms with E-state index in [-0.39, 0.29) is 16.6 Å². The van der Waals surface area contributed by atoms with Crippen molar-refractivity contribution in [2.45, 2.75) is 23.8 Å². The number of sulfonamides is 1. The molecule has 0 bridgehead atoms. The first-order valence-electron chi connectivity index (χ1n) is 6.97. The summed E-state index contributed by atoms with van der Waals surface area (Å²) in [7, 11) is -3.82. The van der Waals surface area contributed by atoms with E-state index in [2.05, 4.69) is 5.32 Å². The topological polar surface area (TPSA) is 92.5 Å². The zero-order valence-corrected chi connectivity index (χ0v) is 12.3. The Labute approximate surface area is 123 Å². The molecular weight excluding hydrogens is 294 g/mol. The van der Waals surface area contributed by atoms with Crippen molar-refractivity contribution < 1.29 is 13.3 Å². The van der Waals surface area contributed by atoms with Crippen LogP contribution in [0.5, 0.6) is 0 Å². The first-order chi connectivity index (χ1) is 10.00. The summed E-state index contributed by atoms with van der Waals surface area (Å²) in [4.78, 5) is 10.2. The third-order valence-electron chi connectivity index (χ3n) is 4.32. The highest BCUT2D eigenvalue weighted by Gasteiger charge is 2.39. The van der Waals surface area contributed by atoms with Crippen LogP contribution in [0.2, 0.25) is 0 Å². The molecule has 0 aromatic heterocycles. The molecule has 1 aromatic carbocycles. The maximum atomic E-state index is 12.7. The zero-order chi connectivity index (χ0) is 15.0. The first kappa shape index (κ1) is 14.4. The van der Waals surface area contributed by atoms with Crippen molar-refractivity contribution in [3.8, 4) is 0 Å². The second kappa shape index (κ2) is 5.36. The quantitative estimate of drug-likeness (QED) is 0.663. The number of hydrogen-bond donors (Lipinski definition) is 1. The highest BCUT2D eigenvalue weighted by molar-refractivity contribution is 7.89. The fourth-order valence-corrected chi connectivity index (χ4v) is 4.82. The van der Waals surface area contributed by atoms with Crippen molar-refractivity contribution in [2.75, 3.05) is 19.6 Å². The van der Waals surface area contributed by atoms with E-state index in [0.717, 1.165) is 19.4 Å². The average Bonchev–Trinajstić information content (AvgIpc) is 2.94. The van der Waals surface area contributed by atoms with Crippen molar-refractivity contribution in [3.63, 3.8) is 0 Å². The number of nitrogens with one attached hydrogen (secondary N) is 1. The fourth-order valence-electron chi connectivity index (χ4n) is 3.19. The lowest BCUT2D eigenvalue weighted by atomic mass is 9.94. The van der Waals surface area contributed by atoms with E-state index in [0.29, 0.717) is 19.0 Å². The zero-order valence-electron chi connectivity index (χ0n) is 11.4. The molecule has 2 aliphatic heterocycles. The minimum absolute atomic E-state index is 0.163. The number of nitrogens with zero attached hydrogens (tertiary/aromatic N) is 2. The number of nitro benzene ring substituents is 1. The Bertz CT molecular complexity index is 661. The van der Waals surface area contributed by atoms with Gasteiger partial charge in [-0.3, -0.25) is 10.1 Å². The summed E-state index contributed by atoms with van der Waals surface area (Å²) in [5, 5.41) is 14.4. The summed E-state index contributed by atoms with van der Waals surface area (Å²) < 4.78 is 26.8. The van der Waals surface area contributed by atoms with Crippen LogP contribution in [0.15, 0.2) is 29.2 Å². The van der Waals surface area contributed by atoms with E-state index >= 15 is 0 Å². The highest BCUT2D eigenvalue weighted by atomic mass is 32.2. The van der Waals surface area contributed by atoms with Gasteiger partial charge in [-0.05, 0) is 31.4 Å². The molecule has 2 fully saturated rings. The van der Waals surface area contributed by atoms with E-state index in [9.17, 15) is 18.5 Å². The molecule has 0 saturated carbocycles. The van der Waals surface area contributed by atoms with Gasteiger partial charge in [-0.15, -0.1) is 0 Å². The van der Waals surface area contributed by atoms with Crippen LogP contribution in [0.3, 0.4) is 0 Å². The molecule has 2 heterocycles. The molecule has 0 amide bonds. The lowest BCUT2D eigenvalue weighted by molar-refractivity contribution is -0.387. The number of fused-ring (bicyclic) bond motifs is 1. The van der Waals surface area contributed by atoms with Gasteiger partial charge in [0.2, 0.25) is 10.0 Å². The lowest BCUT2D eigenvalue weighted by Gasteiger charge is -2.33. The Balaban J connectivity index is 1.92. The molecule has 1 aromatic rings. The van der Waals surface area contributed by atoms with E-state index in [4.69, 9.17) is 0 Å². The number of para-hydroxylation sites is 1. The number of rotatable bonds is 3. The molecule has 114 valence electrons.